The lowest BCUT2D eigenvalue weighted by Gasteiger charge is -2.10. The lowest BCUT2D eigenvalue weighted by molar-refractivity contribution is -0.138. The monoisotopic (exact) mass is 253 g/mol. The predicted molar refractivity (Wildman–Crippen MR) is 66.0 cm³/mol. The van der Waals surface area contributed by atoms with E-state index in [2.05, 4.69) is 10.4 Å². The number of carbonyl (C=O) groups excluding carboxylic acids is 1. The summed E-state index contributed by atoms with van der Waals surface area (Å²) in [6, 6.07) is 1.88. The molecule has 2 N–H and O–H groups in total. The smallest absolute Gasteiger partial charge is 0.303 e. The summed E-state index contributed by atoms with van der Waals surface area (Å²) < 4.78 is 1.74. The molecule has 0 aliphatic heterocycles. The molecular formula is C12H19N3O3. The molecule has 0 saturated carbocycles. The summed E-state index contributed by atoms with van der Waals surface area (Å²) in [7, 11) is 1.84. The number of aryl methyl sites for hydroxylation is 2. The van der Waals surface area contributed by atoms with E-state index in [9.17, 15) is 9.59 Å². The Kier molecular flexibility index (Phi) is 5.35. The van der Waals surface area contributed by atoms with Crippen molar-refractivity contribution < 1.29 is 14.7 Å². The largest absolute Gasteiger partial charge is 0.481 e. The molecule has 1 aromatic heterocycles. The molecule has 6 heteroatoms. The van der Waals surface area contributed by atoms with E-state index < -0.39 is 5.97 Å². The first-order chi connectivity index (χ1) is 8.49. The maximum absolute atomic E-state index is 11.6. The molecule has 0 aliphatic carbocycles. The van der Waals surface area contributed by atoms with Gasteiger partial charge in [0.15, 0.2) is 0 Å². The molecule has 18 heavy (non-hydrogen) atoms. The molecule has 1 amide bonds. The van der Waals surface area contributed by atoms with Gasteiger partial charge in [-0.25, -0.2) is 0 Å². The van der Waals surface area contributed by atoms with Gasteiger partial charge in [-0.3, -0.25) is 14.3 Å². The second-order valence-corrected chi connectivity index (χ2v) is 4.45. The number of amides is 1. The highest BCUT2D eigenvalue weighted by Gasteiger charge is 2.10. The average Bonchev–Trinajstić information content (AvgIpc) is 2.68. The van der Waals surface area contributed by atoms with E-state index in [0.717, 1.165) is 5.69 Å². The first-order valence-electron chi connectivity index (χ1n) is 5.94. The molecule has 1 heterocycles. The number of rotatable bonds is 7. The van der Waals surface area contributed by atoms with Crippen LogP contribution in [0, 0.1) is 5.92 Å². The number of aromatic nitrogens is 2. The zero-order chi connectivity index (χ0) is 13.5. The molecular weight excluding hydrogens is 234 g/mol. The Bertz CT molecular complexity index is 414. The van der Waals surface area contributed by atoms with Crippen molar-refractivity contribution in [3.8, 4) is 0 Å². The van der Waals surface area contributed by atoms with Crippen molar-refractivity contribution >= 4 is 11.9 Å². The van der Waals surface area contributed by atoms with Crippen LogP contribution in [0.15, 0.2) is 12.3 Å². The van der Waals surface area contributed by atoms with E-state index in [1.165, 1.54) is 0 Å². The second kappa shape index (κ2) is 6.78. The first kappa shape index (κ1) is 14.2. The van der Waals surface area contributed by atoms with Gasteiger partial charge in [-0.05, 0) is 18.4 Å². The minimum atomic E-state index is -0.841. The van der Waals surface area contributed by atoms with Crippen molar-refractivity contribution in [1.82, 2.24) is 15.1 Å². The highest BCUT2D eigenvalue weighted by molar-refractivity contribution is 5.76. The van der Waals surface area contributed by atoms with Crippen molar-refractivity contribution in [3.05, 3.63) is 18.0 Å². The summed E-state index contributed by atoms with van der Waals surface area (Å²) in [5, 5.41) is 15.3. The van der Waals surface area contributed by atoms with Gasteiger partial charge in [0.2, 0.25) is 5.91 Å². The summed E-state index contributed by atoms with van der Waals surface area (Å²) in [5.74, 6) is -0.955. The van der Waals surface area contributed by atoms with Crippen molar-refractivity contribution in [1.29, 1.82) is 0 Å². The van der Waals surface area contributed by atoms with E-state index >= 15 is 0 Å². The van der Waals surface area contributed by atoms with Gasteiger partial charge in [-0.15, -0.1) is 0 Å². The average molecular weight is 253 g/mol. The SMILES string of the molecule is CC(CNC(=O)CCc1ccnn1C)CC(=O)O. The number of nitrogens with one attached hydrogen (secondary N) is 1. The van der Waals surface area contributed by atoms with Gasteiger partial charge in [0, 0.05) is 38.3 Å². The van der Waals surface area contributed by atoms with Crippen LogP contribution in [0.2, 0.25) is 0 Å². The highest BCUT2D eigenvalue weighted by atomic mass is 16.4. The van der Waals surface area contributed by atoms with Crippen molar-refractivity contribution in [3.63, 3.8) is 0 Å². The normalized spacial score (nSPS) is 12.1. The number of carboxylic acid groups (broad SMARTS) is 1. The lowest BCUT2D eigenvalue weighted by Crippen LogP contribution is -2.29. The molecule has 0 saturated heterocycles. The fourth-order valence-corrected chi connectivity index (χ4v) is 1.63. The number of aliphatic carboxylic acids is 1. The maximum atomic E-state index is 11.6. The number of carboxylic acids is 1. The minimum absolute atomic E-state index is 0.0526. The van der Waals surface area contributed by atoms with Crippen LogP contribution in [0.5, 0.6) is 0 Å². The quantitative estimate of drug-likeness (QED) is 0.744. The van der Waals surface area contributed by atoms with E-state index in [1.807, 2.05) is 13.1 Å². The van der Waals surface area contributed by atoms with Crippen LogP contribution in [-0.2, 0) is 23.1 Å². The Balaban J connectivity index is 2.22. The molecule has 0 radical (unpaired) electrons. The molecule has 0 bridgehead atoms. The fraction of sp³-hybridized carbons (Fsp3) is 0.583. The highest BCUT2D eigenvalue weighted by Crippen LogP contribution is 2.02. The molecule has 1 rings (SSSR count). The third-order valence-electron chi connectivity index (χ3n) is 2.70. The van der Waals surface area contributed by atoms with Crippen LogP contribution in [0.3, 0.4) is 0 Å². The predicted octanol–water partition coefficient (Wildman–Crippen LogP) is 0.580. The minimum Gasteiger partial charge on any atom is -0.481 e. The summed E-state index contributed by atoms with van der Waals surface area (Å²) in [6.07, 6.45) is 2.79. The van der Waals surface area contributed by atoms with Gasteiger partial charge >= 0.3 is 5.97 Å². The number of hydrogen-bond acceptors (Lipinski definition) is 3. The number of carbonyl (C=O) groups is 2. The van der Waals surface area contributed by atoms with E-state index in [4.69, 9.17) is 5.11 Å². The van der Waals surface area contributed by atoms with Crippen molar-refractivity contribution in [2.24, 2.45) is 13.0 Å². The van der Waals surface area contributed by atoms with Crippen LogP contribution < -0.4 is 5.32 Å². The summed E-state index contributed by atoms with van der Waals surface area (Å²) in [4.78, 5) is 22.0. The number of nitrogens with zero attached hydrogens (tertiary/aromatic N) is 2. The third kappa shape index (κ3) is 4.99. The lowest BCUT2D eigenvalue weighted by atomic mass is 10.1. The molecule has 100 valence electrons. The molecule has 6 nitrogen and oxygen atoms in total. The zero-order valence-corrected chi connectivity index (χ0v) is 10.7. The topological polar surface area (TPSA) is 84.2 Å². The van der Waals surface area contributed by atoms with E-state index in [-0.39, 0.29) is 18.2 Å². The second-order valence-electron chi connectivity index (χ2n) is 4.45. The van der Waals surface area contributed by atoms with Gasteiger partial charge in [-0.2, -0.15) is 5.10 Å². The van der Waals surface area contributed by atoms with Gasteiger partial charge in [0.05, 0.1) is 0 Å². The maximum Gasteiger partial charge on any atom is 0.303 e. The van der Waals surface area contributed by atoms with E-state index in [1.54, 1.807) is 17.8 Å². The summed E-state index contributed by atoms with van der Waals surface area (Å²) in [6.45, 7) is 2.20. The molecule has 1 atom stereocenters. The molecule has 1 aromatic rings. The summed E-state index contributed by atoms with van der Waals surface area (Å²) >= 11 is 0. The Labute approximate surface area is 106 Å². The summed E-state index contributed by atoms with van der Waals surface area (Å²) in [5.41, 5.74) is 1.00. The molecule has 0 fully saturated rings. The van der Waals surface area contributed by atoms with Gasteiger partial charge in [0.1, 0.15) is 0 Å². The Morgan fingerprint density at radius 3 is 2.83 bits per heavy atom. The van der Waals surface area contributed by atoms with Gasteiger partial charge < -0.3 is 10.4 Å². The molecule has 1 unspecified atom stereocenters. The molecule has 0 aliphatic rings. The van der Waals surface area contributed by atoms with Gasteiger partial charge in [-0.1, -0.05) is 6.92 Å². The Morgan fingerprint density at radius 1 is 1.56 bits per heavy atom. The van der Waals surface area contributed by atoms with Crippen LogP contribution in [0.25, 0.3) is 0 Å². The van der Waals surface area contributed by atoms with Crippen LogP contribution in [0.4, 0.5) is 0 Å². The van der Waals surface area contributed by atoms with Crippen LogP contribution >= 0.6 is 0 Å². The van der Waals surface area contributed by atoms with Crippen molar-refractivity contribution in [2.75, 3.05) is 6.54 Å². The van der Waals surface area contributed by atoms with Crippen molar-refractivity contribution in [2.45, 2.75) is 26.2 Å². The zero-order valence-electron chi connectivity index (χ0n) is 10.7. The van der Waals surface area contributed by atoms with Crippen LogP contribution in [0.1, 0.15) is 25.5 Å². The van der Waals surface area contributed by atoms with Crippen LogP contribution in [-0.4, -0.2) is 33.3 Å². The number of hydrogen-bond donors (Lipinski definition) is 2. The first-order valence-corrected chi connectivity index (χ1v) is 5.94. The molecule has 0 aromatic carbocycles. The van der Waals surface area contributed by atoms with E-state index in [0.29, 0.717) is 19.4 Å². The Morgan fingerprint density at radius 2 is 2.28 bits per heavy atom. The fourth-order valence-electron chi connectivity index (χ4n) is 1.63. The Hall–Kier alpha value is -1.85. The molecule has 0 spiro atoms. The standard InChI is InChI=1S/C12H19N3O3/c1-9(7-12(17)18)8-13-11(16)4-3-10-5-6-14-15(10)2/h5-6,9H,3-4,7-8H2,1-2H3,(H,13,16)(H,17,18). The third-order valence-corrected chi connectivity index (χ3v) is 2.70. The van der Waals surface area contributed by atoms with Gasteiger partial charge in [0.25, 0.3) is 0 Å².